The highest BCUT2D eigenvalue weighted by Crippen LogP contribution is 1.99. The van der Waals surface area contributed by atoms with Gasteiger partial charge in [-0.15, -0.1) is 0 Å². The summed E-state index contributed by atoms with van der Waals surface area (Å²) in [5.41, 5.74) is 0.397. The second kappa shape index (κ2) is 3.89. The molecule has 0 radical (unpaired) electrons. The predicted molar refractivity (Wildman–Crippen MR) is 47.8 cm³/mol. The molecule has 1 heterocycles. The van der Waals surface area contributed by atoms with Crippen LogP contribution in [0.1, 0.15) is 12.7 Å². The highest BCUT2D eigenvalue weighted by molar-refractivity contribution is 5.86. The smallest absolute Gasteiger partial charge is 0.333 e. The van der Waals surface area contributed by atoms with Gasteiger partial charge in [-0.1, -0.05) is 6.58 Å². The van der Waals surface area contributed by atoms with E-state index in [0.29, 0.717) is 5.57 Å². The Bertz CT molecular complexity index is 328. The van der Waals surface area contributed by atoms with Crippen molar-refractivity contribution in [3.8, 4) is 0 Å². The van der Waals surface area contributed by atoms with Crippen LogP contribution in [0.5, 0.6) is 0 Å². The maximum absolute atomic E-state index is 11.0. The highest BCUT2D eigenvalue weighted by Gasteiger charge is 2.05. The Morgan fingerprint density at radius 3 is 2.92 bits per heavy atom. The molecule has 0 aromatic carbocycles. The third-order valence-electron chi connectivity index (χ3n) is 1.60. The summed E-state index contributed by atoms with van der Waals surface area (Å²) in [4.78, 5) is 15.0. The van der Waals surface area contributed by atoms with Crippen molar-refractivity contribution >= 4 is 5.97 Å². The summed E-state index contributed by atoms with van der Waals surface area (Å²) in [5.74, 6) is 0.331. The van der Waals surface area contributed by atoms with Gasteiger partial charge in [0.2, 0.25) is 0 Å². The summed E-state index contributed by atoms with van der Waals surface area (Å²) in [7, 11) is 1.84. The molecule has 0 atom stereocenters. The number of ether oxygens (including phenoxy) is 1. The molecular formula is C9H12N2O2. The molecule has 0 aliphatic rings. The van der Waals surface area contributed by atoms with Gasteiger partial charge in [0, 0.05) is 25.0 Å². The second-order valence-electron chi connectivity index (χ2n) is 2.81. The van der Waals surface area contributed by atoms with Gasteiger partial charge in [-0.25, -0.2) is 9.78 Å². The van der Waals surface area contributed by atoms with Crippen molar-refractivity contribution in [2.45, 2.75) is 13.5 Å². The lowest BCUT2D eigenvalue weighted by Crippen LogP contribution is -2.07. The van der Waals surface area contributed by atoms with E-state index in [9.17, 15) is 4.79 Å². The Balaban J connectivity index is 2.48. The third-order valence-corrected chi connectivity index (χ3v) is 1.60. The van der Waals surface area contributed by atoms with E-state index in [-0.39, 0.29) is 12.6 Å². The molecule has 4 heteroatoms. The number of aromatic nitrogens is 2. The van der Waals surface area contributed by atoms with Gasteiger partial charge in [-0.3, -0.25) is 0 Å². The molecule has 0 unspecified atom stereocenters. The Labute approximate surface area is 76.8 Å². The monoisotopic (exact) mass is 180 g/mol. The number of nitrogens with zero attached hydrogens (tertiary/aromatic N) is 2. The largest absolute Gasteiger partial charge is 0.454 e. The molecule has 0 N–H and O–H groups in total. The van der Waals surface area contributed by atoms with E-state index in [1.54, 1.807) is 23.9 Å². The first-order chi connectivity index (χ1) is 6.11. The number of rotatable bonds is 3. The summed E-state index contributed by atoms with van der Waals surface area (Å²) >= 11 is 0. The van der Waals surface area contributed by atoms with Crippen LogP contribution < -0.4 is 0 Å². The van der Waals surface area contributed by atoms with E-state index in [4.69, 9.17) is 4.74 Å². The summed E-state index contributed by atoms with van der Waals surface area (Å²) in [5, 5.41) is 0. The summed E-state index contributed by atoms with van der Waals surface area (Å²) in [6, 6.07) is 0. The van der Waals surface area contributed by atoms with Crippen molar-refractivity contribution < 1.29 is 9.53 Å². The number of carbonyl (C=O) groups is 1. The number of aryl methyl sites for hydroxylation is 1. The molecule has 0 amide bonds. The van der Waals surface area contributed by atoms with Crippen molar-refractivity contribution in [2.75, 3.05) is 0 Å². The molecule has 70 valence electrons. The van der Waals surface area contributed by atoms with E-state index >= 15 is 0 Å². The van der Waals surface area contributed by atoms with E-state index in [0.717, 1.165) is 5.82 Å². The lowest BCUT2D eigenvalue weighted by atomic mass is 10.4. The first-order valence-corrected chi connectivity index (χ1v) is 3.90. The van der Waals surface area contributed by atoms with Crippen LogP contribution in [0.2, 0.25) is 0 Å². The van der Waals surface area contributed by atoms with E-state index in [1.165, 1.54) is 0 Å². The minimum absolute atomic E-state index is 0.190. The molecule has 1 aromatic rings. The molecule has 0 saturated carbocycles. The first kappa shape index (κ1) is 9.51. The third kappa shape index (κ3) is 2.43. The molecular weight excluding hydrogens is 168 g/mol. The molecule has 13 heavy (non-hydrogen) atoms. The second-order valence-corrected chi connectivity index (χ2v) is 2.81. The molecule has 0 saturated heterocycles. The summed E-state index contributed by atoms with van der Waals surface area (Å²) in [6.45, 7) is 5.28. The average Bonchev–Trinajstić information content (AvgIpc) is 2.47. The lowest BCUT2D eigenvalue weighted by Gasteiger charge is -2.03. The average molecular weight is 180 g/mol. The topological polar surface area (TPSA) is 44.1 Å². The molecule has 4 nitrogen and oxygen atoms in total. The Kier molecular flexibility index (Phi) is 2.84. The van der Waals surface area contributed by atoms with Gasteiger partial charge in [0.1, 0.15) is 12.4 Å². The summed E-state index contributed by atoms with van der Waals surface area (Å²) < 4.78 is 6.70. The fraction of sp³-hybridized carbons (Fsp3) is 0.333. The van der Waals surface area contributed by atoms with Crippen LogP contribution in [-0.2, 0) is 23.2 Å². The van der Waals surface area contributed by atoms with Gasteiger partial charge in [0.15, 0.2) is 0 Å². The quantitative estimate of drug-likeness (QED) is 0.515. The zero-order valence-corrected chi connectivity index (χ0v) is 7.78. The Hall–Kier alpha value is -1.58. The minimum Gasteiger partial charge on any atom is -0.454 e. The number of carbonyl (C=O) groups excluding carboxylic acids is 1. The van der Waals surface area contributed by atoms with Crippen LogP contribution in [0.4, 0.5) is 0 Å². The number of esters is 1. The fourth-order valence-electron chi connectivity index (χ4n) is 0.789. The number of hydrogen-bond donors (Lipinski definition) is 0. The predicted octanol–water partition coefficient (Wildman–Crippen LogP) is 1.04. The van der Waals surface area contributed by atoms with Gasteiger partial charge in [0.05, 0.1) is 0 Å². The molecule has 0 aliphatic carbocycles. The van der Waals surface area contributed by atoms with Crippen LogP contribution in [0, 0.1) is 0 Å². The van der Waals surface area contributed by atoms with Crippen LogP contribution in [-0.4, -0.2) is 15.5 Å². The van der Waals surface area contributed by atoms with Gasteiger partial charge < -0.3 is 9.30 Å². The molecule has 0 spiro atoms. The first-order valence-electron chi connectivity index (χ1n) is 3.90. The van der Waals surface area contributed by atoms with Crippen LogP contribution in [0.3, 0.4) is 0 Å². The zero-order valence-electron chi connectivity index (χ0n) is 7.78. The lowest BCUT2D eigenvalue weighted by molar-refractivity contribution is -0.140. The zero-order chi connectivity index (χ0) is 9.84. The Morgan fingerprint density at radius 2 is 2.46 bits per heavy atom. The normalized spacial score (nSPS) is 9.69. The van der Waals surface area contributed by atoms with E-state index < -0.39 is 0 Å². The van der Waals surface area contributed by atoms with Crippen molar-refractivity contribution in [3.63, 3.8) is 0 Å². The van der Waals surface area contributed by atoms with Crippen LogP contribution >= 0.6 is 0 Å². The van der Waals surface area contributed by atoms with Gasteiger partial charge in [-0.2, -0.15) is 0 Å². The minimum atomic E-state index is -0.386. The Morgan fingerprint density at radius 1 is 1.77 bits per heavy atom. The SMILES string of the molecule is C=C(C)C(=O)OCc1nccn1C. The molecule has 0 aliphatic heterocycles. The maximum atomic E-state index is 11.0. The molecule has 1 aromatic heterocycles. The van der Waals surface area contributed by atoms with Crippen LogP contribution in [0.15, 0.2) is 24.5 Å². The highest BCUT2D eigenvalue weighted by atomic mass is 16.5. The van der Waals surface area contributed by atoms with E-state index in [2.05, 4.69) is 11.6 Å². The van der Waals surface area contributed by atoms with E-state index in [1.807, 2.05) is 7.05 Å². The van der Waals surface area contributed by atoms with Crippen LogP contribution in [0.25, 0.3) is 0 Å². The van der Waals surface area contributed by atoms with Crippen molar-refractivity contribution in [1.29, 1.82) is 0 Å². The summed E-state index contributed by atoms with van der Waals surface area (Å²) in [6.07, 6.45) is 3.45. The van der Waals surface area contributed by atoms with Crippen molar-refractivity contribution in [2.24, 2.45) is 7.05 Å². The molecule has 1 rings (SSSR count). The number of hydrogen-bond acceptors (Lipinski definition) is 3. The van der Waals surface area contributed by atoms with Gasteiger partial charge in [-0.05, 0) is 6.92 Å². The maximum Gasteiger partial charge on any atom is 0.333 e. The van der Waals surface area contributed by atoms with Gasteiger partial charge >= 0.3 is 5.97 Å². The number of imidazole rings is 1. The molecule has 0 bridgehead atoms. The standard InChI is InChI=1S/C9H12N2O2/c1-7(2)9(12)13-6-8-10-4-5-11(8)3/h4-5H,1,6H2,2-3H3. The fourth-order valence-corrected chi connectivity index (χ4v) is 0.789. The van der Waals surface area contributed by atoms with Crippen molar-refractivity contribution in [1.82, 2.24) is 9.55 Å². The molecule has 0 fully saturated rings. The van der Waals surface area contributed by atoms with Gasteiger partial charge in [0.25, 0.3) is 0 Å². The van der Waals surface area contributed by atoms with Crippen molar-refractivity contribution in [3.05, 3.63) is 30.4 Å².